The Bertz CT molecular complexity index is 796. The minimum Gasteiger partial charge on any atom is -0.349 e. The topological polar surface area (TPSA) is 92.7 Å². The number of fused-ring (bicyclic) bond motifs is 3. The van der Waals surface area contributed by atoms with Crippen molar-refractivity contribution in [1.29, 1.82) is 0 Å². The molecule has 24 heavy (non-hydrogen) atoms. The van der Waals surface area contributed by atoms with Gasteiger partial charge in [0.15, 0.2) is 5.82 Å². The van der Waals surface area contributed by atoms with Crippen LogP contribution in [0.3, 0.4) is 0 Å². The Balaban J connectivity index is 1.53. The molecule has 2 bridgehead atoms. The van der Waals surface area contributed by atoms with Crippen LogP contribution in [-0.4, -0.2) is 31.9 Å². The van der Waals surface area contributed by atoms with Crippen LogP contribution in [0.1, 0.15) is 48.2 Å². The van der Waals surface area contributed by atoms with Gasteiger partial charge >= 0.3 is 0 Å². The minimum atomic E-state index is -0.270. The van der Waals surface area contributed by atoms with Gasteiger partial charge in [0.25, 0.3) is 11.5 Å². The summed E-state index contributed by atoms with van der Waals surface area (Å²) in [4.78, 5) is 23.8. The summed E-state index contributed by atoms with van der Waals surface area (Å²) in [6, 6.07) is 3.27. The van der Waals surface area contributed by atoms with Crippen molar-refractivity contribution in [3.63, 3.8) is 0 Å². The van der Waals surface area contributed by atoms with Gasteiger partial charge in [0.05, 0.1) is 17.5 Å². The first-order valence-electron chi connectivity index (χ1n) is 8.53. The molecule has 7 heteroatoms. The van der Waals surface area contributed by atoms with E-state index in [1.165, 1.54) is 31.7 Å². The summed E-state index contributed by atoms with van der Waals surface area (Å²) in [7, 11) is 0. The maximum absolute atomic E-state index is 12.7. The van der Waals surface area contributed by atoms with E-state index in [4.69, 9.17) is 0 Å². The Morgan fingerprint density at radius 2 is 2.08 bits per heavy atom. The molecular formula is C17H21N5O2. The van der Waals surface area contributed by atoms with Crippen LogP contribution < -0.4 is 10.9 Å². The highest BCUT2D eigenvalue weighted by molar-refractivity contribution is 5.95. The molecule has 1 amide bonds. The van der Waals surface area contributed by atoms with Crippen molar-refractivity contribution >= 4 is 5.91 Å². The predicted molar refractivity (Wildman–Crippen MR) is 88.0 cm³/mol. The van der Waals surface area contributed by atoms with E-state index >= 15 is 0 Å². The number of carbonyl (C=O) groups excluding carboxylic acids is 1. The molecule has 2 aromatic rings. The van der Waals surface area contributed by atoms with E-state index in [1.807, 2.05) is 6.92 Å². The summed E-state index contributed by atoms with van der Waals surface area (Å²) < 4.78 is 1.57. The molecule has 0 aromatic carbocycles. The van der Waals surface area contributed by atoms with Crippen LogP contribution in [-0.2, 0) is 0 Å². The van der Waals surface area contributed by atoms with Crippen molar-refractivity contribution in [2.45, 2.75) is 45.1 Å². The Hall–Kier alpha value is -2.44. The standard InChI is InChI=1S/C17H21N5O2/c1-10-13(9-18-22(10)15-6-7-16(23)21-20-15)17(24)19-14-8-11-2-4-12(14)5-3-11/h6-7,9,11-12,14H,2-5,8H2,1H3,(H,19,24)(H,21,23). The number of hydrogen-bond donors (Lipinski definition) is 2. The zero-order valence-electron chi connectivity index (χ0n) is 13.7. The molecule has 2 heterocycles. The first kappa shape index (κ1) is 15.1. The van der Waals surface area contributed by atoms with Gasteiger partial charge in [-0.3, -0.25) is 9.59 Å². The maximum atomic E-state index is 12.7. The number of hydrogen-bond acceptors (Lipinski definition) is 4. The number of nitrogens with one attached hydrogen (secondary N) is 2. The fourth-order valence-electron chi connectivity index (χ4n) is 4.12. The molecule has 5 rings (SSSR count). The molecule has 7 nitrogen and oxygen atoms in total. The van der Waals surface area contributed by atoms with E-state index in [2.05, 4.69) is 20.6 Å². The van der Waals surface area contributed by atoms with E-state index in [9.17, 15) is 9.59 Å². The molecule has 0 saturated heterocycles. The molecule has 0 spiro atoms. The van der Waals surface area contributed by atoms with Crippen molar-refractivity contribution < 1.29 is 4.79 Å². The molecule has 2 N–H and O–H groups in total. The maximum Gasteiger partial charge on any atom is 0.264 e. The van der Waals surface area contributed by atoms with Gasteiger partial charge in [-0.25, -0.2) is 9.78 Å². The summed E-state index contributed by atoms with van der Waals surface area (Å²) in [5.41, 5.74) is 1.01. The lowest BCUT2D eigenvalue weighted by Gasteiger charge is -2.42. The molecule has 0 aliphatic heterocycles. The molecule has 3 fully saturated rings. The second-order valence-electron chi connectivity index (χ2n) is 6.93. The highest BCUT2D eigenvalue weighted by Crippen LogP contribution is 2.41. The van der Waals surface area contributed by atoms with Gasteiger partial charge < -0.3 is 5.32 Å². The van der Waals surface area contributed by atoms with Crippen molar-refractivity contribution in [3.05, 3.63) is 39.9 Å². The second-order valence-corrected chi connectivity index (χ2v) is 6.93. The molecule has 2 aromatic heterocycles. The second kappa shape index (κ2) is 5.89. The Kier molecular flexibility index (Phi) is 3.70. The van der Waals surface area contributed by atoms with E-state index < -0.39 is 0 Å². The van der Waals surface area contributed by atoms with Crippen LogP contribution in [0.5, 0.6) is 0 Å². The molecule has 1 atom stereocenters. The van der Waals surface area contributed by atoms with Gasteiger partial charge in [0.1, 0.15) is 0 Å². The van der Waals surface area contributed by atoms with Crippen LogP contribution in [0.25, 0.3) is 5.82 Å². The summed E-state index contributed by atoms with van der Waals surface area (Å²) in [6.45, 7) is 1.84. The third kappa shape index (κ3) is 2.64. The number of nitrogens with zero attached hydrogens (tertiary/aromatic N) is 3. The number of rotatable bonds is 3. The number of H-pyrrole nitrogens is 1. The summed E-state index contributed by atoms with van der Waals surface area (Å²) in [5.74, 6) is 1.81. The van der Waals surface area contributed by atoms with E-state index in [1.54, 1.807) is 16.9 Å². The SMILES string of the molecule is Cc1c(C(=O)NC2CC3CCC2CC3)cnn1-c1ccc(=O)[nH]n1. The Labute approximate surface area is 139 Å². The van der Waals surface area contributed by atoms with Gasteiger partial charge in [-0.1, -0.05) is 12.8 Å². The zero-order chi connectivity index (χ0) is 16.7. The molecule has 3 aliphatic rings. The minimum absolute atomic E-state index is 0.0688. The van der Waals surface area contributed by atoms with Crippen LogP contribution in [0.4, 0.5) is 0 Å². The molecule has 3 saturated carbocycles. The lowest BCUT2D eigenvalue weighted by atomic mass is 9.68. The molecule has 0 radical (unpaired) electrons. The summed E-state index contributed by atoms with van der Waals surface area (Å²) in [5, 5.41) is 13.8. The lowest BCUT2D eigenvalue weighted by Crippen LogP contribution is -2.47. The van der Waals surface area contributed by atoms with Crippen LogP contribution >= 0.6 is 0 Å². The number of aromatic nitrogens is 4. The molecule has 1 unspecified atom stereocenters. The van der Waals surface area contributed by atoms with Crippen molar-refractivity contribution in [2.24, 2.45) is 11.8 Å². The average Bonchev–Trinajstić information content (AvgIpc) is 2.98. The van der Waals surface area contributed by atoms with Gasteiger partial charge in [-0.15, -0.1) is 0 Å². The Morgan fingerprint density at radius 1 is 1.29 bits per heavy atom. The van der Waals surface area contributed by atoms with Gasteiger partial charge in [-0.05, 0) is 44.1 Å². The number of carbonyl (C=O) groups is 1. The monoisotopic (exact) mass is 327 g/mol. The van der Waals surface area contributed by atoms with Gasteiger partial charge in [-0.2, -0.15) is 10.2 Å². The highest BCUT2D eigenvalue weighted by Gasteiger charge is 2.36. The molecule has 126 valence electrons. The van der Waals surface area contributed by atoms with Crippen molar-refractivity contribution in [3.8, 4) is 5.82 Å². The van der Waals surface area contributed by atoms with Crippen molar-refractivity contribution in [2.75, 3.05) is 0 Å². The summed E-state index contributed by atoms with van der Waals surface area (Å²) in [6.07, 6.45) is 7.76. The van der Waals surface area contributed by atoms with Crippen molar-refractivity contribution in [1.82, 2.24) is 25.3 Å². The van der Waals surface area contributed by atoms with Gasteiger partial charge in [0.2, 0.25) is 0 Å². The Morgan fingerprint density at radius 3 is 2.71 bits per heavy atom. The third-order valence-electron chi connectivity index (χ3n) is 5.50. The van der Waals surface area contributed by atoms with E-state index in [-0.39, 0.29) is 11.5 Å². The third-order valence-corrected chi connectivity index (χ3v) is 5.50. The van der Waals surface area contributed by atoms with Crippen LogP contribution in [0.15, 0.2) is 23.1 Å². The first-order chi connectivity index (χ1) is 11.6. The fraction of sp³-hybridized carbons (Fsp3) is 0.529. The van der Waals surface area contributed by atoms with Crippen LogP contribution in [0, 0.1) is 18.8 Å². The number of aromatic amines is 1. The zero-order valence-corrected chi connectivity index (χ0v) is 13.7. The van der Waals surface area contributed by atoms with E-state index in [0.717, 1.165) is 12.3 Å². The summed E-state index contributed by atoms with van der Waals surface area (Å²) >= 11 is 0. The van der Waals surface area contributed by atoms with E-state index in [0.29, 0.717) is 29.0 Å². The van der Waals surface area contributed by atoms with Gasteiger partial charge in [0, 0.05) is 12.1 Å². The number of amides is 1. The fourth-order valence-corrected chi connectivity index (χ4v) is 4.12. The first-order valence-corrected chi connectivity index (χ1v) is 8.53. The molecule has 3 aliphatic carbocycles. The lowest BCUT2D eigenvalue weighted by molar-refractivity contribution is 0.0810. The normalized spacial score (nSPS) is 25.6. The quantitative estimate of drug-likeness (QED) is 0.895. The predicted octanol–water partition coefficient (Wildman–Crippen LogP) is 1.57. The smallest absolute Gasteiger partial charge is 0.264 e. The molecular weight excluding hydrogens is 306 g/mol. The highest BCUT2D eigenvalue weighted by atomic mass is 16.1. The van der Waals surface area contributed by atoms with Crippen LogP contribution in [0.2, 0.25) is 0 Å². The largest absolute Gasteiger partial charge is 0.349 e. The average molecular weight is 327 g/mol.